The van der Waals surface area contributed by atoms with Crippen LogP contribution in [0.4, 0.5) is 0 Å². The summed E-state index contributed by atoms with van der Waals surface area (Å²) in [4.78, 5) is 41.4. The second kappa shape index (κ2) is 11.5. The number of carboxylic acid groups (broad SMARTS) is 1. The minimum absolute atomic E-state index is 0.0711. The summed E-state index contributed by atoms with van der Waals surface area (Å²) in [7, 11) is 1.53. The first kappa shape index (κ1) is 30.9. The summed E-state index contributed by atoms with van der Waals surface area (Å²) in [6.45, 7) is 11.6. The number of hydrogen-bond donors (Lipinski definition) is 1. The standard InChI is InChI=1S/C35H40ClNO6/c1-7-12-37-24-15-34(2,3)17-26(38)30(24)29(31-25(37)16-35(4,5)18-27(31)39)22-13-23(36)32(28(14-22)42-6)43-19-20-8-10-21(11-9-20)33(40)41/h8-11,13-14,29H,7,12,15-19H2,1-6H3,(H,40,41). The van der Waals surface area contributed by atoms with Crippen LogP contribution in [-0.2, 0) is 16.2 Å². The Bertz CT molecular complexity index is 1490. The molecule has 0 fully saturated rings. The number of rotatable bonds is 8. The van der Waals surface area contributed by atoms with Gasteiger partial charge in [-0.15, -0.1) is 0 Å². The number of methoxy groups -OCH3 is 1. The van der Waals surface area contributed by atoms with Crippen molar-refractivity contribution in [3.8, 4) is 11.5 Å². The number of carbonyl (C=O) groups excluding carboxylic acids is 2. The van der Waals surface area contributed by atoms with E-state index in [0.29, 0.717) is 40.5 Å². The largest absolute Gasteiger partial charge is 0.493 e. The topological polar surface area (TPSA) is 93.1 Å². The maximum absolute atomic E-state index is 14.0. The first-order chi connectivity index (χ1) is 20.2. The van der Waals surface area contributed by atoms with E-state index in [2.05, 4.69) is 39.5 Å². The monoisotopic (exact) mass is 605 g/mol. The first-order valence-electron chi connectivity index (χ1n) is 14.9. The molecular weight excluding hydrogens is 566 g/mol. The van der Waals surface area contributed by atoms with Gasteiger partial charge in [0.1, 0.15) is 6.61 Å². The van der Waals surface area contributed by atoms with E-state index >= 15 is 0 Å². The molecule has 0 bridgehead atoms. The van der Waals surface area contributed by atoms with Crippen LogP contribution < -0.4 is 9.47 Å². The Morgan fingerprint density at radius 2 is 1.51 bits per heavy atom. The predicted molar refractivity (Wildman–Crippen MR) is 166 cm³/mol. The van der Waals surface area contributed by atoms with Gasteiger partial charge in [0.05, 0.1) is 17.7 Å². The van der Waals surface area contributed by atoms with Crippen molar-refractivity contribution < 1.29 is 29.0 Å². The molecule has 8 heteroatoms. The molecule has 2 aromatic rings. The van der Waals surface area contributed by atoms with Gasteiger partial charge < -0.3 is 19.5 Å². The maximum Gasteiger partial charge on any atom is 0.335 e. The number of benzene rings is 2. The first-order valence-corrected chi connectivity index (χ1v) is 15.3. The van der Waals surface area contributed by atoms with Crippen LogP contribution in [-0.4, -0.2) is 41.2 Å². The van der Waals surface area contributed by atoms with Gasteiger partial charge in [0.25, 0.3) is 0 Å². The van der Waals surface area contributed by atoms with Crippen molar-refractivity contribution in [3.63, 3.8) is 0 Å². The Morgan fingerprint density at radius 1 is 0.953 bits per heavy atom. The van der Waals surface area contributed by atoms with Crippen LogP contribution in [0.25, 0.3) is 0 Å². The highest BCUT2D eigenvalue weighted by Crippen LogP contribution is 2.55. The van der Waals surface area contributed by atoms with Crippen molar-refractivity contribution >= 4 is 29.1 Å². The molecule has 0 atom stereocenters. The van der Waals surface area contributed by atoms with Gasteiger partial charge in [0, 0.05) is 47.8 Å². The fourth-order valence-corrected chi connectivity index (χ4v) is 7.09. The number of ketones is 2. The van der Waals surface area contributed by atoms with Gasteiger partial charge in [-0.25, -0.2) is 4.79 Å². The summed E-state index contributed by atoms with van der Waals surface area (Å²) < 4.78 is 11.8. The fourth-order valence-electron chi connectivity index (χ4n) is 6.82. The lowest BCUT2D eigenvalue weighted by atomic mass is 9.63. The summed E-state index contributed by atoms with van der Waals surface area (Å²) >= 11 is 6.86. The van der Waals surface area contributed by atoms with Gasteiger partial charge in [-0.2, -0.15) is 0 Å². The van der Waals surface area contributed by atoms with Crippen LogP contribution in [0.5, 0.6) is 11.5 Å². The highest BCUT2D eigenvalue weighted by molar-refractivity contribution is 6.32. The van der Waals surface area contributed by atoms with E-state index in [1.807, 2.05) is 6.07 Å². The molecule has 228 valence electrons. The Hall–Kier alpha value is -3.58. The maximum atomic E-state index is 14.0. The van der Waals surface area contributed by atoms with E-state index < -0.39 is 11.9 Å². The van der Waals surface area contributed by atoms with Gasteiger partial charge in [0.15, 0.2) is 23.1 Å². The molecule has 5 rings (SSSR count). The number of aromatic carboxylic acids is 1. The second-order valence-electron chi connectivity index (χ2n) is 13.5. The van der Waals surface area contributed by atoms with Crippen LogP contribution >= 0.6 is 11.6 Å². The van der Waals surface area contributed by atoms with E-state index in [1.165, 1.54) is 19.2 Å². The summed E-state index contributed by atoms with van der Waals surface area (Å²) in [5, 5.41) is 9.48. The summed E-state index contributed by atoms with van der Waals surface area (Å²) in [5.41, 5.74) is 4.77. The van der Waals surface area contributed by atoms with Crippen LogP contribution in [0, 0.1) is 10.8 Å². The van der Waals surface area contributed by atoms with E-state index in [9.17, 15) is 19.5 Å². The van der Waals surface area contributed by atoms with E-state index in [-0.39, 0.29) is 34.6 Å². The van der Waals surface area contributed by atoms with Gasteiger partial charge in [-0.3, -0.25) is 9.59 Å². The normalized spacial score (nSPS) is 19.7. The third-order valence-electron chi connectivity index (χ3n) is 8.64. The SMILES string of the molecule is CCCN1C2=C(C(=O)CC(C)(C)C2)C(c2cc(Cl)c(OCc3ccc(C(=O)O)cc3)c(OC)c2)C2=C1CC(C)(C)CC2=O. The summed E-state index contributed by atoms with van der Waals surface area (Å²) in [6.07, 6.45) is 3.23. The van der Waals surface area contributed by atoms with Gasteiger partial charge in [0.2, 0.25) is 0 Å². The van der Waals surface area contributed by atoms with Crippen molar-refractivity contribution in [3.05, 3.63) is 80.7 Å². The van der Waals surface area contributed by atoms with Crippen LogP contribution in [0.1, 0.15) is 94.1 Å². The van der Waals surface area contributed by atoms with Crippen LogP contribution in [0.3, 0.4) is 0 Å². The van der Waals surface area contributed by atoms with Crippen LogP contribution in [0.15, 0.2) is 58.9 Å². The Labute approximate surface area is 258 Å². The van der Waals surface area contributed by atoms with Crippen molar-refractivity contribution in [2.24, 2.45) is 10.8 Å². The van der Waals surface area contributed by atoms with E-state index in [1.54, 1.807) is 18.2 Å². The number of nitrogens with zero attached hydrogens (tertiary/aromatic N) is 1. The molecule has 0 saturated carbocycles. The molecule has 2 aliphatic carbocycles. The third-order valence-corrected chi connectivity index (χ3v) is 8.92. The third kappa shape index (κ3) is 5.97. The number of halogens is 1. The molecule has 0 aromatic heterocycles. The summed E-state index contributed by atoms with van der Waals surface area (Å²) in [5.74, 6) is -0.644. The highest BCUT2D eigenvalue weighted by Gasteiger charge is 2.49. The molecule has 1 aliphatic heterocycles. The minimum atomic E-state index is -0.995. The number of allylic oxidation sites excluding steroid dienone is 4. The zero-order valence-electron chi connectivity index (χ0n) is 25.8. The molecule has 0 saturated heterocycles. The van der Waals surface area contributed by atoms with Crippen molar-refractivity contribution in [1.29, 1.82) is 0 Å². The number of carbonyl (C=O) groups is 3. The zero-order chi connectivity index (χ0) is 31.3. The van der Waals surface area contributed by atoms with Gasteiger partial charge in [-0.1, -0.05) is 58.4 Å². The molecular formula is C35H40ClNO6. The summed E-state index contributed by atoms with van der Waals surface area (Å²) in [6, 6.07) is 10.1. The molecule has 1 N–H and O–H groups in total. The zero-order valence-corrected chi connectivity index (χ0v) is 26.6. The quantitative estimate of drug-likeness (QED) is 0.329. The van der Waals surface area contributed by atoms with Crippen molar-refractivity contribution in [1.82, 2.24) is 4.90 Å². The molecule has 43 heavy (non-hydrogen) atoms. The van der Waals surface area contributed by atoms with Crippen LogP contribution in [0.2, 0.25) is 5.02 Å². The average Bonchev–Trinajstić information content (AvgIpc) is 2.91. The fraction of sp³-hybridized carbons (Fsp3) is 0.457. The number of hydrogen-bond acceptors (Lipinski definition) is 6. The molecule has 0 radical (unpaired) electrons. The minimum Gasteiger partial charge on any atom is -0.493 e. The second-order valence-corrected chi connectivity index (χ2v) is 13.9. The van der Waals surface area contributed by atoms with Crippen molar-refractivity contribution in [2.45, 2.75) is 79.2 Å². The molecule has 2 aromatic carbocycles. The molecule has 0 unspecified atom stereocenters. The van der Waals surface area contributed by atoms with Gasteiger partial charge >= 0.3 is 5.97 Å². The molecule has 0 spiro atoms. The highest BCUT2D eigenvalue weighted by atomic mass is 35.5. The smallest absolute Gasteiger partial charge is 0.335 e. The average molecular weight is 606 g/mol. The predicted octanol–water partition coefficient (Wildman–Crippen LogP) is 7.72. The van der Waals surface area contributed by atoms with E-state index in [4.69, 9.17) is 21.1 Å². The lowest BCUT2D eigenvalue weighted by molar-refractivity contribution is -0.119. The number of ether oxygens (including phenoxy) is 2. The van der Waals surface area contributed by atoms with E-state index in [0.717, 1.165) is 48.3 Å². The Morgan fingerprint density at radius 3 is 2.00 bits per heavy atom. The molecule has 0 amide bonds. The van der Waals surface area contributed by atoms with Gasteiger partial charge in [-0.05, 0) is 65.5 Å². The van der Waals surface area contributed by atoms with Crippen molar-refractivity contribution in [2.75, 3.05) is 13.7 Å². The molecule has 1 heterocycles. The molecule has 3 aliphatic rings. The Balaban J connectivity index is 1.61. The number of Topliss-reactive ketones (excluding diaryl/α,β-unsaturated/α-hetero) is 2. The molecule has 7 nitrogen and oxygen atoms in total. The number of carboxylic acids is 1. The Kier molecular flexibility index (Phi) is 8.25. The lowest BCUT2D eigenvalue weighted by Gasteiger charge is -2.49. The lowest BCUT2D eigenvalue weighted by Crippen LogP contribution is -2.44.